The monoisotopic (exact) mass is 210 g/mol. The van der Waals surface area contributed by atoms with Gasteiger partial charge < -0.3 is 5.11 Å². The summed E-state index contributed by atoms with van der Waals surface area (Å²) >= 11 is 4.32. The molecule has 0 aromatic heterocycles. The van der Waals surface area contributed by atoms with Crippen molar-refractivity contribution < 1.29 is 9.90 Å². The van der Waals surface area contributed by atoms with Gasteiger partial charge in [0, 0.05) is 10.3 Å². The van der Waals surface area contributed by atoms with Gasteiger partial charge in [0.15, 0.2) is 0 Å². The molecule has 14 heavy (non-hydrogen) atoms. The topological polar surface area (TPSA) is 37.3 Å². The van der Waals surface area contributed by atoms with Crippen LogP contribution in [0, 0.1) is 0 Å². The Labute approximate surface area is 89.4 Å². The molecule has 1 N–H and O–H groups in total. The molecule has 0 aliphatic rings. The van der Waals surface area contributed by atoms with Crippen molar-refractivity contribution in [3.05, 3.63) is 29.8 Å². The zero-order valence-electron chi connectivity index (χ0n) is 8.32. The minimum absolute atomic E-state index is 0.116. The van der Waals surface area contributed by atoms with Crippen LogP contribution in [0.1, 0.15) is 25.8 Å². The number of carboxylic acids is 1. The predicted molar refractivity (Wildman–Crippen MR) is 59.0 cm³/mol. The van der Waals surface area contributed by atoms with Gasteiger partial charge in [-0.05, 0) is 11.6 Å². The van der Waals surface area contributed by atoms with Crippen LogP contribution < -0.4 is 0 Å². The molecule has 0 unspecified atom stereocenters. The maximum absolute atomic E-state index is 10.7. The molecule has 0 amide bonds. The van der Waals surface area contributed by atoms with Gasteiger partial charge in [-0.2, -0.15) is 0 Å². The van der Waals surface area contributed by atoms with Crippen molar-refractivity contribution in [1.82, 2.24) is 0 Å². The first-order valence-electron chi connectivity index (χ1n) is 4.44. The highest BCUT2D eigenvalue weighted by Gasteiger charge is 2.25. The zero-order chi connectivity index (χ0) is 10.8. The maximum Gasteiger partial charge on any atom is 0.304 e. The Morgan fingerprint density at radius 1 is 1.43 bits per heavy atom. The van der Waals surface area contributed by atoms with Crippen molar-refractivity contribution in [3.8, 4) is 0 Å². The van der Waals surface area contributed by atoms with E-state index >= 15 is 0 Å². The van der Waals surface area contributed by atoms with Gasteiger partial charge >= 0.3 is 5.97 Å². The fourth-order valence-corrected chi connectivity index (χ4v) is 1.98. The fourth-order valence-electron chi connectivity index (χ4n) is 1.52. The third kappa shape index (κ3) is 2.51. The standard InChI is InChI=1S/C11H14O2S/c1-11(2,7-10(12)13)8-5-3-4-6-9(8)14/h3-6,14H,7H2,1-2H3,(H,12,13). The second-order valence-corrected chi connectivity index (χ2v) is 4.45. The van der Waals surface area contributed by atoms with Gasteiger partial charge in [-0.15, -0.1) is 12.6 Å². The van der Waals surface area contributed by atoms with Gasteiger partial charge in [-0.25, -0.2) is 0 Å². The third-order valence-electron chi connectivity index (χ3n) is 2.23. The molecule has 0 aliphatic heterocycles. The van der Waals surface area contributed by atoms with E-state index in [1.807, 2.05) is 38.1 Å². The fraction of sp³-hybridized carbons (Fsp3) is 0.364. The van der Waals surface area contributed by atoms with E-state index in [-0.39, 0.29) is 11.8 Å². The Hall–Kier alpha value is -0.960. The Kier molecular flexibility index (Phi) is 3.21. The summed E-state index contributed by atoms with van der Waals surface area (Å²) in [5.41, 5.74) is 0.607. The third-order valence-corrected chi connectivity index (χ3v) is 2.62. The van der Waals surface area contributed by atoms with Gasteiger partial charge in [0.1, 0.15) is 0 Å². The van der Waals surface area contributed by atoms with Crippen LogP contribution in [0.3, 0.4) is 0 Å². The molecule has 0 heterocycles. The molecule has 0 saturated heterocycles. The van der Waals surface area contributed by atoms with Crippen LogP contribution in [0.15, 0.2) is 29.2 Å². The van der Waals surface area contributed by atoms with Crippen LogP contribution in [0.4, 0.5) is 0 Å². The van der Waals surface area contributed by atoms with Crippen LogP contribution >= 0.6 is 12.6 Å². The summed E-state index contributed by atoms with van der Waals surface area (Å²) in [6.07, 6.45) is 0.116. The lowest BCUT2D eigenvalue weighted by molar-refractivity contribution is -0.138. The number of thiol groups is 1. The number of carboxylic acid groups (broad SMARTS) is 1. The highest BCUT2D eigenvalue weighted by Crippen LogP contribution is 2.31. The highest BCUT2D eigenvalue weighted by atomic mass is 32.1. The Morgan fingerprint density at radius 3 is 2.50 bits per heavy atom. The van der Waals surface area contributed by atoms with Crippen molar-refractivity contribution in [2.75, 3.05) is 0 Å². The summed E-state index contributed by atoms with van der Waals surface area (Å²) in [7, 11) is 0. The van der Waals surface area contributed by atoms with Gasteiger partial charge in [0.2, 0.25) is 0 Å². The molecule has 0 saturated carbocycles. The Morgan fingerprint density at radius 2 is 2.00 bits per heavy atom. The number of hydrogen-bond acceptors (Lipinski definition) is 2. The van der Waals surface area contributed by atoms with Crippen LogP contribution in [-0.4, -0.2) is 11.1 Å². The minimum Gasteiger partial charge on any atom is -0.481 e. The molecule has 2 nitrogen and oxygen atoms in total. The maximum atomic E-state index is 10.7. The molecule has 3 heteroatoms. The lowest BCUT2D eigenvalue weighted by atomic mass is 9.81. The smallest absolute Gasteiger partial charge is 0.304 e. The largest absolute Gasteiger partial charge is 0.481 e. The number of benzene rings is 1. The summed E-state index contributed by atoms with van der Waals surface area (Å²) in [5.74, 6) is -0.786. The molecule has 0 fully saturated rings. The van der Waals surface area contributed by atoms with E-state index in [0.29, 0.717) is 0 Å². The molecular weight excluding hydrogens is 196 g/mol. The molecule has 1 aromatic rings. The lowest BCUT2D eigenvalue weighted by Crippen LogP contribution is -2.22. The number of carbonyl (C=O) groups is 1. The average molecular weight is 210 g/mol. The van der Waals surface area contributed by atoms with E-state index < -0.39 is 5.97 Å². The van der Waals surface area contributed by atoms with Crippen LogP contribution in [0.25, 0.3) is 0 Å². The second kappa shape index (κ2) is 4.05. The van der Waals surface area contributed by atoms with Gasteiger partial charge in [-0.3, -0.25) is 4.79 Å². The van der Waals surface area contributed by atoms with Gasteiger partial charge in [0.25, 0.3) is 0 Å². The zero-order valence-corrected chi connectivity index (χ0v) is 9.21. The molecule has 0 spiro atoms. The van der Waals surface area contributed by atoms with E-state index in [4.69, 9.17) is 5.11 Å². The van der Waals surface area contributed by atoms with E-state index in [1.54, 1.807) is 0 Å². The Balaban J connectivity index is 3.03. The van der Waals surface area contributed by atoms with E-state index in [1.165, 1.54) is 0 Å². The van der Waals surface area contributed by atoms with Crippen molar-refractivity contribution in [3.63, 3.8) is 0 Å². The minimum atomic E-state index is -0.786. The second-order valence-electron chi connectivity index (χ2n) is 3.97. The molecule has 1 aromatic carbocycles. The molecule has 0 radical (unpaired) electrons. The quantitative estimate of drug-likeness (QED) is 0.753. The first-order chi connectivity index (χ1) is 6.43. The van der Waals surface area contributed by atoms with Crippen molar-refractivity contribution >= 4 is 18.6 Å². The molecule has 0 aliphatic carbocycles. The number of rotatable bonds is 3. The predicted octanol–water partition coefficient (Wildman–Crippen LogP) is 2.73. The molecular formula is C11H14O2S. The number of hydrogen-bond donors (Lipinski definition) is 2. The van der Waals surface area contributed by atoms with Gasteiger partial charge in [-0.1, -0.05) is 32.0 Å². The Bertz CT molecular complexity index is 345. The molecule has 0 bridgehead atoms. The van der Waals surface area contributed by atoms with Crippen LogP contribution in [0.2, 0.25) is 0 Å². The first kappa shape index (κ1) is 11.1. The summed E-state index contributed by atoms with van der Waals surface area (Å²) in [5, 5.41) is 8.78. The van der Waals surface area contributed by atoms with Crippen molar-refractivity contribution in [1.29, 1.82) is 0 Å². The van der Waals surface area contributed by atoms with Crippen molar-refractivity contribution in [2.45, 2.75) is 30.6 Å². The first-order valence-corrected chi connectivity index (χ1v) is 4.88. The van der Waals surface area contributed by atoms with Crippen LogP contribution in [-0.2, 0) is 10.2 Å². The molecule has 0 atom stereocenters. The van der Waals surface area contributed by atoms with Crippen LogP contribution in [0.5, 0.6) is 0 Å². The average Bonchev–Trinajstić information content (AvgIpc) is 2.02. The highest BCUT2D eigenvalue weighted by molar-refractivity contribution is 7.80. The number of aliphatic carboxylic acids is 1. The summed E-state index contributed by atoms with van der Waals surface area (Å²) in [4.78, 5) is 11.5. The van der Waals surface area contributed by atoms with Crippen molar-refractivity contribution in [2.24, 2.45) is 0 Å². The summed E-state index contributed by atoms with van der Waals surface area (Å²) in [6.45, 7) is 3.83. The van der Waals surface area contributed by atoms with E-state index in [9.17, 15) is 4.79 Å². The van der Waals surface area contributed by atoms with Gasteiger partial charge in [0.05, 0.1) is 6.42 Å². The van der Waals surface area contributed by atoms with E-state index in [0.717, 1.165) is 10.5 Å². The summed E-state index contributed by atoms with van der Waals surface area (Å²) < 4.78 is 0. The lowest BCUT2D eigenvalue weighted by Gasteiger charge is -2.24. The normalized spacial score (nSPS) is 11.4. The summed E-state index contributed by atoms with van der Waals surface area (Å²) in [6, 6.07) is 7.59. The molecule has 1 rings (SSSR count). The van der Waals surface area contributed by atoms with E-state index in [2.05, 4.69) is 12.6 Å². The molecule has 76 valence electrons. The SMILES string of the molecule is CC(C)(CC(=O)O)c1ccccc1S.